The van der Waals surface area contributed by atoms with Crippen LogP contribution in [0.2, 0.25) is 0 Å². The van der Waals surface area contributed by atoms with Crippen molar-refractivity contribution in [2.45, 2.75) is 52.6 Å². The molecule has 20 heavy (non-hydrogen) atoms. The molecular formula is C16H23N3S. The van der Waals surface area contributed by atoms with Gasteiger partial charge in [0.1, 0.15) is 10.0 Å². The molecule has 108 valence electrons. The van der Waals surface area contributed by atoms with Gasteiger partial charge in [0.15, 0.2) is 0 Å². The second-order valence-corrected chi connectivity index (χ2v) is 7.33. The number of hydrogen-bond acceptors (Lipinski definition) is 4. The molecule has 0 aliphatic rings. The molecule has 1 aromatic heterocycles. The van der Waals surface area contributed by atoms with E-state index >= 15 is 0 Å². The summed E-state index contributed by atoms with van der Waals surface area (Å²) in [6, 6.07) is 8.71. The van der Waals surface area contributed by atoms with Gasteiger partial charge in [-0.2, -0.15) is 0 Å². The van der Waals surface area contributed by atoms with Crippen LogP contribution in [0.3, 0.4) is 0 Å². The average Bonchev–Trinajstić information content (AvgIpc) is 2.83. The minimum Gasteiger partial charge on any atom is -0.306 e. The molecule has 1 heterocycles. The fourth-order valence-electron chi connectivity index (χ4n) is 1.81. The zero-order valence-electron chi connectivity index (χ0n) is 12.7. The lowest BCUT2D eigenvalue weighted by Gasteiger charge is -2.19. The van der Waals surface area contributed by atoms with Crippen molar-refractivity contribution in [2.24, 2.45) is 0 Å². The monoisotopic (exact) mass is 289 g/mol. The van der Waals surface area contributed by atoms with E-state index in [2.05, 4.69) is 67.5 Å². The van der Waals surface area contributed by atoms with E-state index < -0.39 is 0 Å². The van der Waals surface area contributed by atoms with Crippen molar-refractivity contribution in [3.8, 4) is 0 Å². The second-order valence-electron chi connectivity index (χ2n) is 6.18. The molecule has 3 nitrogen and oxygen atoms in total. The Labute approximate surface area is 125 Å². The molecule has 0 atom stereocenters. The van der Waals surface area contributed by atoms with Crippen molar-refractivity contribution in [3.05, 3.63) is 45.4 Å². The summed E-state index contributed by atoms with van der Waals surface area (Å²) >= 11 is 1.71. The van der Waals surface area contributed by atoms with Crippen LogP contribution in [0.5, 0.6) is 0 Å². The van der Waals surface area contributed by atoms with Gasteiger partial charge in [-0.05, 0) is 39.7 Å². The molecule has 0 bridgehead atoms. The maximum absolute atomic E-state index is 4.28. The molecule has 0 amide bonds. The smallest absolute Gasteiger partial charge is 0.131 e. The molecule has 0 aliphatic heterocycles. The summed E-state index contributed by atoms with van der Waals surface area (Å²) in [5, 5.41) is 14.2. The highest BCUT2D eigenvalue weighted by Crippen LogP contribution is 2.14. The van der Waals surface area contributed by atoms with E-state index in [-0.39, 0.29) is 5.54 Å². The molecule has 0 unspecified atom stereocenters. The Hall–Kier alpha value is -1.26. The van der Waals surface area contributed by atoms with Crippen LogP contribution in [0.15, 0.2) is 24.3 Å². The van der Waals surface area contributed by atoms with Crippen LogP contribution in [0.1, 0.15) is 41.9 Å². The van der Waals surface area contributed by atoms with E-state index in [1.807, 2.05) is 0 Å². The molecule has 0 spiro atoms. The van der Waals surface area contributed by atoms with E-state index in [4.69, 9.17) is 0 Å². The maximum Gasteiger partial charge on any atom is 0.131 e. The highest BCUT2D eigenvalue weighted by Gasteiger charge is 2.11. The standard InChI is InChI=1S/C16H23N3S/c1-12-5-7-13(8-6-12)9-10-14-18-19-15(20-14)11-17-16(2,3)4/h5-8,17H,9-11H2,1-4H3. The first-order chi connectivity index (χ1) is 9.42. The normalized spacial score (nSPS) is 11.8. The molecule has 2 aromatic rings. The van der Waals surface area contributed by atoms with Crippen LogP contribution in [-0.2, 0) is 19.4 Å². The Morgan fingerprint density at radius 1 is 1.00 bits per heavy atom. The fraction of sp³-hybridized carbons (Fsp3) is 0.500. The second kappa shape index (κ2) is 6.46. The molecule has 0 aliphatic carbocycles. The predicted octanol–water partition coefficient (Wildman–Crippen LogP) is 3.52. The van der Waals surface area contributed by atoms with Gasteiger partial charge in [-0.25, -0.2) is 0 Å². The summed E-state index contributed by atoms with van der Waals surface area (Å²) in [6.07, 6.45) is 2.00. The van der Waals surface area contributed by atoms with Gasteiger partial charge >= 0.3 is 0 Å². The predicted molar refractivity (Wildman–Crippen MR) is 85.1 cm³/mol. The highest BCUT2D eigenvalue weighted by atomic mass is 32.1. The first-order valence-corrected chi connectivity index (χ1v) is 7.86. The lowest BCUT2D eigenvalue weighted by Crippen LogP contribution is -2.35. The van der Waals surface area contributed by atoms with E-state index in [1.165, 1.54) is 11.1 Å². The third-order valence-electron chi connectivity index (χ3n) is 3.03. The van der Waals surface area contributed by atoms with E-state index in [0.717, 1.165) is 29.4 Å². The van der Waals surface area contributed by atoms with Gasteiger partial charge in [0.2, 0.25) is 0 Å². The van der Waals surface area contributed by atoms with Crippen LogP contribution in [-0.4, -0.2) is 15.7 Å². The maximum atomic E-state index is 4.28. The minimum atomic E-state index is 0.119. The van der Waals surface area contributed by atoms with Crippen LogP contribution in [0.25, 0.3) is 0 Å². The van der Waals surface area contributed by atoms with Gasteiger partial charge in [-0.1, -0.05) is 29.8 Å². The Bertz CT molecular complexity index is 538. The number of hydrogen-bond donors (Lipinski definition) is 1. The van der Waals surface area contributed by atoms with Crippen molar-refractivity contribution >= 4 is 11.3 Å². The number of nitrogens with zero attached hydrogens (tertiary/aromatic N) is 2. The minimum absolute atomic E-state index is 0.119. The molecular weight excluding hydrogens is 266 g/mol. The van der Waals surface area contributed by atoms with Gasteiger partial charge < -0.3 is 5.32 Å². The van der Waals surface area contributed by atoms with E-state index in [9.17, 15) is 0 Å². The topological polar surface area (TPSA) is 37.8 Å². The van der Waals surface area contributed by atoms with Crippen LogP contribution in [0.4, 0.5) is 0 Å². The molecule has 1 N–H and O–H groups in total. The molecule has 1 aromatic carbocycles. The van der Waals surface area contributed by atoms with E-state index in [1.54, 1.807) is 11.3 Å². The average molecular weight is 289 g/mol. The molecule has 4 heteroatoms. The van der Waals surface area contributed by atoms with Gasteiger partial charge in [0.05, 0.1) is 6.54 Å². The first kappa shape index (κ1) is 15.1. The first-order valence-electron chi connectivity index (χ1n) is 7.04. The van der Waals surface area contributed by atoms with Crippen molar-refractivity contribution < 1.29 is 0 Å². The quantitative estimate of drug-likeness (QED) is 0.915. The molecule has 0 fully saturated rings. The summed E-state index contributed by atoms with van der Waals surface area (Å²) in [6.45, 7) is 9.39. The third-order valence-corrected chi connectivity index (χ3v) is 4.01. The van der Waals surface area contributed by atoms with Gasteiger partial charge in [0.25, 0.3) is 0 Å². The van der Waals surface area contributed by atoms with Crippen molar-refractivity contribution in [1.29, 1.82) is 0 Å². The van der Waals surface area contributed by atoms with Crippen molar-refractivity contribution in [1.82, 2.24) is 15.5 Å². The summed E-state index contributed by atoms with van der Waals surface area (Å²) in [5.41, 5.74) is 2.79. The zero-order valence-corrected chi connectivity index (χ0v) is 13.5. The number of rotatable bonds is 5. The largest absolute Gasteiger partial charge is 0.306 e. The molecule has 0 saturated carbocycles. The van der Waals surface area contributed by atoms with Crippen molar-refractivity contribution in [3.63, 3.8) is 0 Å². The summed E-state index contributed by atoms with van der Waals surface area (Å²) in [7, 11) is 0. The van der Waals surface area contributed by atoms with Crippen LogP contribution in [0, 0.1) is 6.92 Å². The van der Waals surface area contributed by atoms with Crippen LogP contribution >= 0.6 is 11.3 Å². The fourth-order valence-corrected chi connectivity index (χ4v) is 2.59. The Morgan fingerprint density at radius 2 is 1.65 bits per heavy atom. The molecule has 0 radical (unpaired) electrons. The number of aromatic nitrogens is 2. The van der Waals surface area contributed by atoms with Gasteiger partial charge in [0, 0.05) is 12.0 Å². The van der Waals surface area contributed by atoms with Gasteiger partial charge in [-0.15, -0.1) is 21.5 Å². The third kappa shape index (κ3) is 5.02. The molecule has 2 rings (SSSR count). The Balaban J connectivity index is 1.85. The summed E-state index contributed by atoms with van der Waals surface area (Å²) < 4.78 is 0. The zero-order chi connectivity index (χ0) is 14.6. The number of benzene rings is 1. The lowest BCUT2D eigenvalue weighted by atomic mass is 10.1. The Morgan fingerprint density at radius 3 is 2.30 bits per heavy atom. The number of aryl methyl sites for hydroxylation is 3. The lowest BCUT2D eigenvalue weighted by molar-refractivity contribution is 0.423. The number of nitrogens with one attached hydrogen (secondary N) is 1. The summed E-state index contributed by atoms with van der Waals surface area (Å²) in [5.74, 6) is 0. The van der Waals surface area contributed by atoms with Gasteiger partial charge in [-0.3, -0.25) is 0 Å². The van der Waals surface area contributed by atoms with E-state index in [0.29, 0.717) is 0 Å². The van der Waals surface area contributed by atoms with Crippen molar-refractivity contribution in [2.75, 3.05) is 0 Å². The highest BCUT2D eigenvalue weighted by molar-refractivity contribution is 7.11. The SMILES string of the molecule is Cc1ccc(CCc2nnc(CNC(C)(C)C)s2)cc1. The van der Waals surface area contributed by atoms with Crippen LogP contribution < -0.4 is 5.32 Å². The summed E-state index contributed by atoms with van der Waals surface area (Å²) in [4.78, 5) is 0. The Kier molecular flexibility index (Phi) is 4.89. The molecule has 0 saturated heterocycles.